The predicted molar refractivity (Wildman–Crippen MR) is 74.5 cm³/mol. The molecule has 0 aliphatic carbocycles. The first-order valence-corrected chi connectivity index (χ1v) is 6.48. The minimum Gasteiger partial charge on any atom is -0.508 e. The van der Waals surface area contributed by atoms with Gasteiger partial charge in [-0.2, -0.15) is 0 Å². The van der Waals surface area contributed by atoms with Gasteiger partial charge in [-0.3, -0.25) is 4.79 Å². The third-order valence-electron chi connectivity index (χ3n) is 2.63. The molecule has 2 aromatic carbocycles. The van der Waals surface area contributed by atoms with E-state index >= 15 is 0 Å². The summed E-state index contributed by atoms with van der Waals surface area (Å²) in [6, 6.07) is 8.18. The van der Waals surface area contributed by atoms with Crippen molar-refractivity contribution in [3.05, 3.63) is 58.1 Å². The van der Waals surface area contributed by atoms with E-state index in [4.69, 9.17) is 0 Å². The van der Waals surface area contributed by atoms with Crippen molar-refractivity contribution in [1.82, 2.24) is 0 Å². The van der Waals surface area contributed by atoms with Crippen molar-refractivity contribution in [2.45, 2.75) is 6.42 Å². The maximum atomic E-state index is 13.5. The van der Waals surface area contributed by atoms with Crippen LogP contribution >= 0.6 is 15.9 Å². The van der Waals surface area contributed by atoms with Crippen molar-refractivity contribution in [3.63, 3.8) is 0 Å². The number of amides is 1. The van der Waals surface area contributed by atoms with Crippen molar-refractivity contribution in [2.24, 2.45) is 0 Å². The van der Waals surface area contributed by atoms with E-state index in [1.165, 1.54) is 6.07 Å². The zero-order valence-electron chi connectivity index (χ0n) is 10.2. The summed E-state index contributed by atoms with van der Waals surface area (Å²) in [4.78, 5) is 11.8. The highest BCUT2D eigenvalue weighted by molar-refractivity contribution is 9.10. The van der Waals surface area contributed by atoms with Gasteiger partial charge in [0.1, 0.15) is 17.4 Å². The summed E-state index contributed by atoms with van der Waals surface area (Å²) in [6.07, 6.45) is -0.110. The fourth-order valence-electron chi connectivity index (χ4n) is 1.65. The lowest BCUT2D eigenvalue weighted by Gasteiger charge is -2.08. The summed E-state index contributed by atoms with van der Waals surface area (Å²) < 4.78 is 26.6. The fraction of sp³-hybridized carbons (Fsp3) is 0.0714. The monoisotopic (exact) mass is 341 g/mol. The van der Waals surface area contributed by atoms with Crippen LogP contribution in [0.15, 0.2) is 40.9 Å². The van der Waals surface area contributed by atoms with E-state index in [0.717, 1.165) is 6.07 Å². The molecule has 0 heterocycles. The second-order valence-corrected chi connectivity index (χ2v) is 4.95. The van der Waals surface area contributed by atoms with Crippen LogP contribution in [-0.4, -0.2) is 11.0 Å². The topological polar surface area (TPSA) is 49.3 Å². The van der Waals surface area contributed by atoms with Crippen molar-refractivity contribution >= 4 is 27.5 Å². The second kappa shape index (κ2) is 6.00. The molecule has 2 N–H and O–H groups in total. The van der Waals surface area contributed by atoms with Crippen molar-refractivity contribution in [1.29, 1.82) is 0 Å². The van der Waals surface area contributed by atoms with Gasteiger partial charge in [0, 0.05) is 11.6 Å². The molecule has 20 heavy (non-hydrogen) atoms. The third-order valence-corrected chi connectivity index (χ3v) is 3.23. The van der Waals surface area contributed by atoms with Crippen molar-refractivity contribution < 1.29 is 18.7 Å². The van der Waals surface area contributed by atoms with Crippen LogP contribution in [0.5, 0.6) is 5.75 Å². The number of anilines is 1. The SMILES string of the molecule is O=C(Cc1ccccc1O)Nc1cc(Br)c(F)cc1F. The van der Waals surface area contributed by atoms with Crippen LogP contribution in [0, 0.1) is 11.6 Å². The van der Waals surface area contributed by atoms with E-state index < -0.39 is 17.5 Å². The number of nitrogens with one attached hydrogen (secondary N) is 1. The molecule has 0 bridgehead atoms. The predicted octanol–water partition coefficient (Wildman–Crippen LogP) is 3.61. The first kappa shape index (κ1) is 14.5. The lowest BCUT2D eigenvalue weighted by molar-refractivity contribution is -0.115. The number of phenolic OH excluding ortho intramolecular Hbond substituents is 1. The van der Waals surface area contributed by atoms with Gasteiger partial charge in [-0.05, 0) is 28.1 Å². The Morgan fingerprint density at radius 3 is 2.60 bits per heavy atom. The molecule has 0 atom stereocenters. The number of benzene rings is 2. The molecular weight excluding hydrogens is 332 g/mol. The molecule has 0 aliphatic heterocycles. The number of carbonyl (C=O) groups is 1. The highest BCUT2D eigenvalue weighted by Crippen LogP contribution is 2.24. The van der Waals surface area contributed by atoms with Gasteiger partial charge in [0.2, 0.25) is 5.91 Å². The van der Waals surface area contributed by atoms with Crippen LogP contribution in [0.3, 0.4) is 0 Å². The molecule has 0 saturated heterocycles. The fourth-order valence-corrected chi connectivity index (χ4v) is 1.99. The van der Waals surface area contributed by atoms with E-state index in [2.05, 4.69) is 21.2 Å². The van der Waals surface area contributed by atoms with Gasteiger partial charge in [0.15, 0.2) is 0 Å². The Hall–Kier alpha value is -1.95. The third kappa shape index (κ3) is 3.33. The summed E-state index contributed by atoms with van der Waals surface area (Å²) in [5, 5.41) is 11.9. The molecule has 0 aliphatic rings. The normalized spacial score (nSPS) is 10.3. The maximum absolute atomic E-state index is 13.5. The molecule has 1 amide bonds. The smallest absolute Gasteiger partial charge is 0.229 e. The molecule has 3 nitrogen and oxygen atoms in total. The molecule has 6 heteroatoms. The average Bonchev–Trinajstić information content (AvgIpc) is 2.39. The van der Waals surface area contributed by atoms with E-state index in [9.17, 15) is 18.7 Å². The summed E-state index contributed by atoms with van der Waals surface area (Å²) in [6.45, 7) is 0. The minimum absolute atomic E-state index is 0.0107. The van der Waals surface area contributed by atoms with Crippen LogP contribution in [0.1, 0.15) is 5.56 Å². The highest BCUT2D eigenvalue weighted by Gasteiger charge is 2.12. The molecule has 0 aromatic heterocycles. The quantitative estimate of drug-likeness (QED) is 0.838. The Kier molecular flexibility index (Phi) is 4.34. The molecule has 0 saturated carbocycles. The summed E-state index contributed by atoms with van der Waals surface area (Å²) in [5.74, 6) is -2.13. The molecule has 0 radical (unpaired) electrons. The molecule has 2 aromatic rings. The average molecular weight is 342 g/mol. The van der Waals surface area contributed by atoms with E-state index in [1.807, 2.05) is 0 Å². The molecule has 2 rings (SSSR count). The second-order valence-electron chi connectivity index (χ2n) is 4.10. The number of hydrogen-bond acceptors (Lipinski definition) is 2. The summed E-state index contributed by atoms with van der Waals surface area (Å²) in [7, 11) is 0. The minimum atomic E-state index is -0.865. The van der Waals surface area contributed by atoms with E-state index in [-0.39, 0.29) is 22.3 Å². The highest BCUT2D eigenvalue weighted by atomic mass is 79.9. The van der Waals surface area contributed by atoms with Crippen molar-refractivity contribution in [3.8, 4) is 5.75 Å². The first-order chi connectivity index (χ1) is 9.47. The molecular formula is C14H10BrF2NO2. The number of halogens is 3. The van der Waals surface area contributed by atoms with Crippen molar-refractivity contribution in [2.75, 3.05) is 5.32 Å². The summed E-state index contributed by atoms with van der Waals surface area (Å²) in [5.41, 5.74) is 0.297. The zero-order valence-corrected chi connectivity index (χ0v) is 11.7. The largest absolute Gasteiger partial charge is 0.508 e. The number of hydrogen-bond donors (Lipinski definition) is 2. The van der Waals surface area contributed by atoms with Crippen LogP contribution in [0.25, 0.3) is 0 Å². The van der Waals surface area contributed by atoms with Gasteiger partial charge in [-0.15, -0.1) is 0 Å². The Morgan fingerprint density at radius 2 is 1.90 bits per heavy atom. The number of rotatable bonds is 3. The van der Waals surface area contributed by atoms with Gasteiger partial charge in [0.05, 0.1) is 16.6 Å². The lowest BCUT2D eigenvalue weighted by atomic mass is 10.1. The van der Waals surface area contributed by atoms with Gasteiger partial charge in [0.25, 0.3) is 0 Å². The van der Waals surface area contributed by atoms with Crippen LogP contribution in [-0.2, 0) is 11.2 Å². The summed E-state index contributed by atoms with van der Waals surface area (Å²) >= 11 is 2.92. The molecule has 0 fully saturated rings. The van der Waals surface area contributed by atoms with Gasteiger partial charge in [-0.1, -0.05) is 18.2 Å². The maximum Gasteiger partial charge on any atom is 0.229 e. The Bertz CT molecular complexity index is 662. The lowest BCUT2D eigenvalue weighted by Crippen LogP contribution is -2.15. The van der Waals surface area contributed by atoms with E-state index in [0.29, 0.717) is 11.6 Å². The van der Waals surface area contributed by atoms with Crippen LogP contribution in [0.2, 0.25) is 0 Å². The number of para-hydroxylation sites is 1. The molecule has 0 spiro atoms. The number of aromatic hydroxyl groups is 1. The number of carbonyl (C=O) groups excluding carboxylic acids is 1. The number of phenols is 1. The molecule has 104 valence electrons. The Morgan fingerprint density at radius 1 is 1.20 bits per heavy atom. The Balaban J connectivity index is 2.13. The van der Waals surface area contributed by atoms with Crippen LogP contribution in [0.4, 0.5) is 14.5 Å². The van der Waals surface area contributed by atoms with Gasteiger partial charge < -0.3 is 10.4 Å². The molecule has 0 unspecified atom stereocenters. The van der Waals surface area contributed by atoms with Gasteiger partial charge >= 0.3 is 0 Å². The van der Waals surface area contributed by atoms with E-state index in [1.54, 1.807) is 18.2 Å². The van der Waals surface area contributed by atoms with Crippen LogP contribution < -0.4 is 5.32 Å². The zero-order chi connectivity index (χ0) is 14.7. The first-order valence-electron chi connectivity index (χ1n) is 5.68. The van der Waals surface area contributed by atoms with Gasteiger partial charge in [-0.25, -0.2) is 8.78 Å². The standard InChI is InChI=1S/C14H10BrF2NO2/c15-9-6-12(11(17)7-10(9)16)18-14(20)5-8-3-1-2-4-13(8)19/h1-4,6-7,19H,5H2,(H,18,20). The Labute approximate surface area is 122 Å².